The van der Waals surface area contributed by atoms with E-state index in [0.29, 0.717) is 24.7 Å². The second-order valence-corrected chi connectivity index (χ2v) is 6.63. The van der Waals surface area contributed by atoms with Crippen LogP contribution in [0.2, 0.25) is 0 Å². The van der Waals surface area contributed by atoms with E-state index in [2.05, 4.69) is 32.3 Å². The number of benzene rings is 1. The molecule has 25 heavy (non-hydrogen) atoms. The molecular weight excluding hydrogens is 314 g/mol. The largest absolute Gasteiger partial charge is 0.368 e. The minimum Gasteiger partial charge on any atom is -0.368 e. The van der Waals surface area contributed by atoms with Gasteiger partial charge in [0.05, 0.1) is 0 Å². The smallest absolute Gasteiger partial charge is 0.272 e. The highest BCUT2D eigenvalue weighted by molar-refractivity contribution is 5.92. The second-order valence-electron chi connectivity index (χ2n) is 6.63. The minimum absolute atomic E-state index is 0.0231. The Hall–Kier alpha value is -2.63. The molecule has 2 aromatic rings. The van der Waals surface area contributed by atoms with Crippen molar-refractivity contribution >= 4 is 17.5 Å². The van der Waals surface area contributed by atoms with Gasteiger partial charge in [-0.1, -0.05) is 18.2 Å². The third kappa shape index (κ3) is 4.26. The number of aryl methyl sites for hydroxylation is 1. The molecule has 0 saturated carbocycles. The van der Waals surface area contributed by atoms with Crippen molar-refractivity contribution in [2.24, 2.45) is 0 Å². The molecular formula is C19H25N5O. The van der Waals surface area contributed by atoms with Crippen LogP contribution in [0.4, 0.5) is 11.6 Å². The van der Waals surface area contributed by atoms with Crippen LogP contribution in [-0.2, 0) is 0 Å². The van der Waals surface area contributed by atoms with Crippen LogP contribution >= 0.6 is 0 Å². The third-order valence-corrected chi connectivity index (χ3v) is 4.18. The molecule has 1 fully saturated rings. The molecule has 1 aliphatic heterocycles. The molecule has 1 N–H and O–H groups in total. The fraction of sp³-hybridized carbons (Fsp3) is 0.421. The van der Waals surface area contributed by atoms with Crippen LogP contribution in [0.25, 0.3) is 0 Å². The third-order valence-electron chi connectivity index (χ3n) is 4.18. The highest BCUT2D eigenvalue weighted by atomic mass is 16.2. The number of nitrogens with zero attached hydrogens (tertiary/aromatic N) is 4. The molecule has 1 aliphatic rings. The number of carbonyl (C=O) groups is 1. The van der Waals surface area contributed by atoms with Gasteiger partial charge in [0.2, 0.25) is 5.95 Å². The first-order chi connectivity index (χ1) is 12.0. The summed E-state index contributed by atoms with van der Waals surface area (Å²) in [5, 5.41) is 3.17. The van der Waals surface area contributed by atoms with E-state index in [4.69, 9.17) is 0 Å². The molecule has 0 aliphatic carbocycles. The van der Waals surface area contributed by atoms with Gasteiger partial charge in [-0.25, -0.2) is 9.97 Å². The van der Waals surface area contributed by atoms with E-state index in [-0.39, 0.29) is 11.9 Å². The van der Waals surface area contributed by atoms with E-state index in [0.717, 1.165) is 18.8 Å². The Morgan fingerprint density at radius 2 is 1.76 bits per heavy atom. The number of anilines is 2. The number of carbonyl (C=O) groups excluding carboxylic acids is 1. The standard InChI is InChI=1S/C19H25N5O/c1-14(2)20-19-21-15(3)13-17(22-19)18(25)24-11-9-23(10-12-24)16-7-5-4-6-8-16/h4-8,13-14H,9-12H2,1-3H3,(H,20,21,22). The summed E-state index contributed by atoms with van der Waals surface area (Å²) in [6.45, 7) is 8.99. The average Bonchev–Trinajstić information content (AvgIpc) is 2.61. The number of nitrogens with one attached hydrogen (secondary N) is 1. The Morgan fingerprint density at radius 3 is 2.40 bits per heavy atom. The number of piperazine rings is 1. The molecule has 1 aromatic heterocycles. The summed E-state index contributed by atoms with van der Waals surface area (Å²) >= 11 is 0. The van der Waals surface area contributed by atoms with Crippen molar-refractivity contribution in [2.75, 3.05) is 36.4 Å². The number of hydrogen-bond acceptors (Lipinski definition) is 5. The van der Waals surface area contributed by atoms with E-state index in [9.17, 15) is 4.79 Å². The van der Waals surface area contributed by atoms with Crippen LogP contribution in [0, 0.1) is 6.92 Å². The van der Waals surface area contributed by atoms with Gasteiger partial charge in [-0.3, -0.25) is 4.79 Å². The quantitative estimate of drug-likeness (QED) is 0.928. The molecule has 6 nitrogen and oxygen atoms in total. The van der Waals surface area contributed by atoms with Gasteiger partial charge in [-0.2, -0.15) is 0 Å². The van der Waals surface area contributed by atoms with Gasteiger partial charge in [0.25, 0.3) is 5.91 Å². The molecule has 6 heteroatoms. The first-order valence-corrected chi connectivity index (χ1v) is 8.74. The van der Waals surface area contributed by atoms with Crippen molar-refractivity contribution < 1.29 is 4.79 Å². The highest BCUT2D eigenvalue weighted by Gasteiger charge is 2.23. The monoisotopic (exact) mass is 339 g/mol. The van der Waals surface area contributed by atoms with E-state index in [1.165, 1.54) is 5.69 Å². The van der Waals surface area contributed by atoms with Crippen molar-refractivity contribution in [3.63, 3.8) is 0 Å². The Labute approximate surface area is 148 Å². The van der Waals surface area contributed by atoms with Crippen LogP contribution in [0.3, 0.4) is 0 Å². The van der Waals surface area contributed by atoms with E-state index in [1.54, 1.807) is 6.07 Å². The van der Waals surface area contributed by atoms with Crippen molar-refractivity contribution in [1.29, 1.82) is 0 Å². The zero-order chi connectivity index (χ0) is 17.8. The van der Waals surface area contributed by atoms with Crippen LogP contribution in [0.1, 0.15) is 30.0 Å². The maximum Gasteiger partial charge on any atom is 0.272 e. The lowest BCUT2D eigenvalue weighted by Crippen LogP contribution is -2.49. The lowest BCUT2D eigenvalue weighted by atomic mass is 10.2. The predicted octanol–water partition coefficient (Wildman–Crippen LogP) is 2.57. The number of aromatic nitrogens is 2. The molecule has 3 rings (SSSR count). The number of hydrogen-bond donors (Lipinski definition) is 1. The van der Waals surface area contributed by atoms with Crippen molar-refractivity contribution in [3.05, 3.63) is 47.8 Å². The zero-order valence-electron chi connectivity index (χ0n) is 15.1. The predicted molar refractivity (Wildman–Crippen MR) is 100 cm³/mol. The van der Waals surface area contributed by atoms with Crippen LogP contribution < -0.4 is 10.2 Å². The molecule has 2 heterocycles. The minimum atomic E-state index is -0.0231. The summed E-state index contributed by atoms with van der Waals surface area (Å²) in [4.78, 5) is 25.8. The molecule has 1 amide bonds. The van der Waals surface area contributed by atoms with Gasteiger partial charge < -0.3 is 15.1 Å². The fourth-order valence-corrected chi connectivity index (χ4v) is 2.97. The lowest BCUT2D eigenvalue weighted by molar-refractivity contribution is 0.0740. The molecule has 0 radical (unpaired) electrons. The van der Waals surface area contributed by atoms with E-state index < -0.39 is 0 Å². The van der Waals surface area contributed by atoms with E-state index >= 15 is 0 Å². The molecule has 132 valence electrons. The molecule has 1 saturated heterocycles. The number of amides is 1. The summed E-state index contributed by atoms with van der Waals surface area (Å²) in [5.74, 6) is 0.492. The Kier molecular flexibility index (Phi) is 5.16. The summed E-state index contributed by atoms with van der Waals surface area (Å²) in [5.41, 5.74) is 2.46. The second kappa shape index (κ2) is 7.51. The maximum atomic E-state index is 12.8. The first kappa shape index (κ1) is 17.2. The van der Waals surface area contributed by atoms with Gasteiger partial charge >= 0.3 is 0 Å². The summed E-state index contributed by atoms with van der Waals surface area (Å²) < 4.78 is 0. The normalized spacial score (nSPS) is 14.7. The van der Waals surface area contributed by atoms with Crippen molar-refractivity contribution in [3.8, 4) is 0 Å². The Morgan fingerprint density at radius 1 is 1.08 bits per heavy atom. The summed E-state index contributed by atoms with van der Waals surface area (Å²) in [6, 6.07) is 12.3. The van der Waals surface area contributed by atoms with Gasteiger partial charge in [0.15, 0.2) is 0 Å². The van der Waals surface area contributed by atoms with Crippen molar-refractivity contribution in [2.45, 2.75) is 26.8 Å². The van der Waals surface area contributed by atoms with Crippen LogP contribution in [0.5, 0.6) is 0 Å². The Bertz CT molecular complexity index is 724. The SMILES string of the molecule is Cc1cc(C(=O)N2CCN(c3ccccc3)CC2)nc(NC(C)C)n1. The van der Waals surface area contributed by atoms with Crippen LogP contribution in [0.15, 0.2) is 36.4 Å². The van der Waals surface area contributed by atoms with Crippen molar-refractivity contribution in [1.82, 2.24) is 14.9 Å². The maximum absolute atomic E-state index is 12.8. The number of para-hydroxylation sites is 1. The molecule has 0 bridgehead atoms. The van der Waals surface area contributed by atoms with Gasteiger partial charge in [0, 0.05) is 43.6 Å². The molecule has 0 unspecified atom stereocenters. The summed E-state index contributed by atoms with van der Waals surface area (Å²) in [6.07, 6.45) is 0. The molecule has 0 atom stereocenters. The fourth-order valence-electron chi connectivity index (χ4n) is 2.97. The Balaban J connectivity index is 1.67. The van der Waals surface area contributed by atoms with E-state index in [1.807, 2.05) is 43.9 Å². The molecule has 0 spiro atoms. The molecule has 1 aromatic carbocycles. The zero-order valence-corrected chi connectivity index (χ0v) is 15.1. The highest BCUT2D eigenvalue weighted by Crippen LogP contribution is 2.17. The lowest BCUT2D eigenvalue weighted by Gasteiger charge is -2.36. The topological polar surface area (TPSA) is 61.4 Å². The number of rotatable bonds is 4. The van der Waals surface area contributed by atoms with Gasteiger partial charge in [0.1, 0.15) is 5.69 Å². The van der Waals surface area contributed by atoms with Gasteiger partial charge in [-0.15, -0.1) is 0 Å². The van der Waals surface area contributed by atoms with Gasteiger partial charge in [-0.05, 0) is 39.0 Å². The summed E-state index contributed by atoms with van der Waals surface area (Å²) in [7, 11) is 0. The first-order valence-electron chi connectivity index (χ1n) is 8.74. The average molecular weight is 339 g/mol. The van der Waals surface area contributed by atoms with Crippen LogP contribution in [-0.4, -0.2) is 53.0 Å².